The number of nitrogens with one attached hydrogen (secondary N) is 1. The van der Waals surface area contributed by atoms with Crippen LogP contribution in [0.25, 0.3) is 0 Å². The van der Waals surface area contributed by atoms with Gasteiger partial charge in [0, 0.05) is 39.3 Å². The molecule has 2 aliphatic rings. The third-order valence-corrected chi connectivity index (χ3v) is 6.14. The highest BCUT2D eigenvalue weighted by Gasteiger charge is 2.42. The van der Waals surface area contributed by atoms with Crippen LogP contribution < -0.4 is 15.1 Å². The van der Waals surface area contributed by atoms with Gasteiger partial charge in [0.25, 0.3) is 11.9 Å². The van der Waals surface area contributed by atoms with Gasteiger partial charge in [0.2, 0.25) is 5.76 Å². The van der Waals surface area contributed by atoms with Crippen LogP contribution in [0.2, 0.25) is 0 Å². The van der Waals surface area contributed by atoms with E-state index >= 15 is 0 Å². The number of anilines is 3. The zero-order valence-electron chi connectivity index (χ0n) is 20.9. The summed E-state index contributed by atoms with van der Waals surface area (Å²) in [5.41, 5.74) is -1.13. The number of hydrogen-bond acceptors (Lipinski definition) is 8. The summed E-state index contributed by atoms with van der Waals surface area (Å²) in [6.45, 7) is 6.88. The Labute approximate surface area is 212 Å². The summed E-state index contributed by atoms with van der Waals surface area (Å²) >= 11 is 0. The molecule has 0 aliphatic carbocycles. The van der Waals surface area contributed by atoms with Crippen LogP contribution in [-0.2, 0) is 10.9 Å². The highest BCUT2D eigenvalue weighted by atomic mass is 19.4. The van der Waals surface area contributed by atoms with Crippen LogP contribution in [0.1, 0.15) is 55.8 Å². The van der Waals surface area contributed by atoms with Gasteiger partial charge in [-0.25, -0.2) is 9.78 Å². The monoisotopic (exact) mass is 524 g/mol. The number of oxazole rings is 1. The van der Waals surface area contributed by atoms with E-state index in [0.717, 1.165) is 25.7 Å². The molecule has 2 amide bonds. The van der Waals surface area contributed by atoms with Crippen molar-refractivity contribution in [3.05, 3.63) is 29.8 Å². The Balaban J connectivity index is 1.41. The van der Waals surface area contributed by atoms with Crippen molar-refractivity contribution in [2.24, 2.45) is 0 Å². The van der Waals surface area contributed by atoms with Gasteiger partial charge in [-0.2, -0.15) is 18.2 Å². The van der Waals surface area contributed by atoms with Crippen molar-refractivity contribution >= 4 is 29.5 Å². The second-order valence-electron chi connectivity index (χ2n) is 9.34. The van der Waals surface area contributed by atoms with Crippen LogP contribution in [0.15, 0.2) is 22.7 Å². The van der Waals surface area contributed by atoms with Crippen molar-refractivity contribution in [2.75, 3.05) is 54.4 Å². The second-order valence-corrected chi connectivity index (χ2v) is 9.34. The molecular formula is C24H31F3N6O4. The van der Waals surface area contributed by atoms with E-state index in [9.17, 15) is 22.8 Å². The number of carbonyl (C=O) groups excluding carboxylic acids is 2. The number of pyridine rings is 1. The molecule has 2 aliphatic heterocycles. The smallest absolute Gasteiger partial charge is 0.437 e. The number of rotatable bonds is 5. The number of hydrogen-bond donors (Lipinski definition) is 1. The van der Waals surface area contributed by atoms with Crippen molar-refractivity contribution in [3.63, 3.8) is 0 Å². The van der Waals surface area contributed by atoms with E-state index in [1.807, 2.05) is 4.90 Å². The Morgan fingerprint density at radius 2 is 1.73 bits per heavy atom. The Bertz CT molecular complexity index is 1080. The molecule has 1 N–H and O–H groups in total. The normalized spacial score (nSPS) is 17.1. The lowest BCUT2D eigenvalue weighted by molar-refractivity contribution is -0.141. The number of aromatic nitrogens is 2. The molecule has 13 heteroatoms. The minimum absolute atomic E-state index is 0.196. The lowest BCUT2D eigenvalue weighted by Gasteiger charge is -2.24. The first kappa shape index (κ1) is 26.6. The molecule has 0 spiro atoms. The van der Waals surface area contributed by atoms with E-state index in [0.29, 0.717) is 45.1 Å². The average molecular weight is 525 g/mol. The lowest BCUT2D eigenvalue weighted by Crippen LogP contribution is -2.36. The number of amides is 2. The maximum Gasteiger partial charge on any atom is 0.437 e. The van der Waals surface area contributed by atoms with Gasteiger partial charge in [0.05, 0.1) is 18.0 Å². The summed E-state index contributed by atoms with van der Waals surface area (Å²) in [5.74, 6) is -1.30. The summed E-state index contributed by atoms with van der Waals surface area (Å²) < 4.78 is 51.3. The summed E-state index contributed by atoms with van der Waals surface area (Å²) in [5, 5.41) is 2.43. The summed E-state index contributed by atoms with van der Waals surface area (Å²) in [4.78, 5) is 38.2. The zero-order chi connectivity index (χ0) is 26.6. The SMILES string of the molecule is CC(C)OC(=O)N1CCCN(c2ccc(NC(=O)c3oc(N4CCCCC4)nc3C(F)(F)F)cn2)CC1. The van der Waals surface area contributed by atoms with E-state index in [1.165, 1.54) is 6.20 Å². The number of carbonyl (C=O) groups is 2. The fourth-order valence-corrected chi connectivity index (χ4v) is 4.32. The van der Waals surface area contributed by atoms with E-state index in [1.54, 1.807) is 35.8 Å². The molecule has 0 saturated carbocycles. The van der Waals surface area contributed by atoms with Gasteiger partial charge in [0.1, 0.15) is 5.82 Å². The van der Waals surface area contributed by atoms with Gasteiger partial charge in [-0.1, -0.05) is 0 Å². The largest absolute Gasteiger partial charge is 0.447 e. The van der Waals surface area contributed by atoms with Crippen LogP contribution in [0, 0.1) is 0 Å². The van der Waals surface area contributed by atoms with Crippen molar-refractivity contribution in [1.29, 1.82) is 0 Å². The Morgan fingerprint density at radius 3 is 2.38 bits per heavy atom. The van der Waals surface area contributed by atoms with Crippen molar-refractivity contribution in [1.82, 2.24) is 14.9 Å². The average Bonchev–Trinajstić information content (AvgIpc) is 3.18. The lowest BCUT2D eigenvalue weighted by atomic mass is 10.1. The van der Waals surface area contributed by atoms with Gasteiger partial charge in [-0.3, -0.25) is 4.79 Å². The van der Waals surface area contributed by atoms with E-state index in [2.05, 4.69) is 15.3 Å². The quantitative estimate of drug-likeness (QED) is 0.614. The minimum atomic E-state index is -4.84. The number of alkyl halides is 3. The van der Waals surface area contributed by atoms with Crippen LogP contribution >= 0.6 is 0 Å². The second kappa shape index (κ2) is 11.3. The fraction of sp³-hybridized carbons (Fsp3) is 0.583. The molecule has 202 valence electrons. The molecule has 0 bridgehead atoms. The van der Waals surface area contributed by atoms with Crippen LogP contribution in [0.4, 0.5) is 35.5 Å². The third kappa shape index (κ3) is 6.63. The molecule has 2 aromatic heterocycles. The first-order valence-electron chi connectivity index (χ1n) is 12.4. The van der Waals surface area contributed by atoms with Gasteiger partial charge >= 0.3 is 12.3 Å². The zero-order valence-corrected chi connectivity index (χ0v) is 20.9. The van der Waals surface area contributed by atoms with Gasteiger partial charge < -0.3 is 29.2 Å². The van der Waals surface area contributed by atoms with E-state index < -0.39 is 23.5 Å². The van der Waals surface area contributed by atoms with E-state index in [-0.39, 0.29) is 23.9 Å². The highest BCUT2D eigenvalue weighted by molar-refractivity contribution is 6.03. The maximum atomic E-state index is 13.6. The van der Waals surface area contributed by atoms with Crippen molar-refractivity contribution < 1.29 is 31.9 Å². The molecule has 2 fully saturated rings. The molecule has 10 nitrogen and oxygen atoms in total. The van der Waals surface area contributed by atoms with Gasteiger partial charge in [0.15, 0.2) is 5.69 Å². The Kier molecular flexibility index (Phi) is 8.08. The summed E-state index contributed by atoms with van der Waals surface area (Å²) in [6, 6.07) is 3.03. The number of ether oxygens (including phenoxy) is 1. The first-order valence-corrected chi connectivity index (χ1v) is 12.4. The fourth-order valence-electron chi connectivity index (χ4n) is 4.32. The molecule has 4 rings (SSSR count). The van der Waals surface area contributed by atoms with Gasteiger partial charge in [-0.05, 0) is 51.7 Å². The number of halogens is 3. The molecule has 4 heterocycles. The molecule has 0 atom stereocenters. The molecule has 0 radical (unpaired) electrons. The number of piperidine rings is 1. The maximum absolute atomic E-state index is 13.6. The molecule has 37 heavy (non-hydrogen) atoms. The van der Waals surface area contributed by atoms with Crippen molar-refractivity contribution in [3.8, 4) is 0 Å². The topological polar surface area (TPSA) is 104 Å². The molecule has 2 saturated heterocycles. The van der Waals surface area contributed by atoms with E-state index in [4.69, 9.17) is 9.15 Å². The first-order chi connectivity index (χ1) is 17.6. The Hall–Kier alpha value is -3.51. The van der Waals surface area contributed by atoms with Crippen LogP contribution in [0.5, 0.6) is 0 Å². The minimum Gasteiger partial charge on any atom is -0.447 e. The summed E-state index contributed by atoms with van der Waals surface area (Å²) in [6.07, 6.45) is -0.667. The molecular weight excluding hydrogens is 493 g/mol. The molecule has 0 aromatic carbocycles. The van der Waals surface area contributed by atoms with Crippen LogP contribution in [0.3, 0.4) is 0 Å². The van der Waals surface area contributed by atoms with Crippen LogP contribution in [-0.4, -0.2) is 72.2 Å². The standard InChI is InChI=1S/C24H31F3N6O4/c1-16(2)36-23(35)33-12-6-11-31(13-14-33)18-8-7-17(15-28-18)29-21(34)19-20(24(25,26)27)30-22(37-19)32-9-4-3-5-10-32/h7-8,15-16H,3-6,9-14H2,1-2H3,(H,29,34). The molecule has 2 aromatic rings. The number of nitrogens with zero attached hydrogens (tertiary/aromatic N) is 5. The predicted molar refractivity (Wildman–Crippen MR) is 130 cm³/mol. The predicted octanol–water partition coefficient (Wildman–Crippen LogP) is 4.39. The highest BCUT2D eigenvalue weighted by Crippen LogP contribution is 2.35. The Morgan fingerprint density at radius 1 is 1.00 bits per heavy atom. The van der Waals surface area contributed by atoms with Crippen molar-refractivity contribution in [2.45, 2.75) is 51.8 Å². The van der Waals surface area contributed by atoms with Gasteiger partial charge in [-0.15, -0.1) is 0 Å². The third-order valence-electron chi connectivity index (χ3n) is 6.14. The molecule has 0 unspecified atom stereocenters. The summed E-state index contributed by atoms with van der Waals surface area (Å²) in [7, 11) is 0.